The number of furan rings is 1. The van der Waals surface area contributed by atoms with Gasteiger partial charge in [-0.2, -0.15) is 0 Å². The van der Waals surface area contributed by atoms with E-state index in [0.717, 1.165) is 24.2 Å². The zero-order chi connectivity index (χ0) is 19.7. The lowest BCUT2D eigenvalue weighted by molar-refractivity contribution is 0.102. The number of hydrogen-bond acceptors (Lipinski definition) is 5. The molecule has 28 heavy (non-hydrogen) atoms. The molecule has 1 aliphatic carbocycles. The van der Waals surface area contributed by atoms with Crippen molar-refractivity contribution in [3.63, 3.8) is 0 Å². The van der Waals surface area contributed by atoms with Gasteiger partial charge in [0, 0.05) is 17.0 Å². The van der Waals surface area contributed by atoms with Gasteiger partial charge in [0.25, 0.3) is 11.5 Å². The molecule has 3 aromatic rings. The quantitative estimate of drug-likeness (QED) is 0.726. The van der Waals surface area contributed by atoms with Crippen molar-refractivity contribution in [2.45, 2.75) is 39.2 Å². The van der Waals surface area contributed by atoms with E-state index in [1.807, 2.05) is 13.0 Å². The van der Waals surface area contributed by atoms with Crippen molar-refractivity contribution in [3.05, 3.63) is 75.2 Å². The van der Waals surface area contributed by atoms with Gasteiger partial charge in [0.15, 0.2) is 0 Å². The molecule has 0 fully saturated rings. The van der Waals surface area contributed by atoms with E-state index in [4.69, 9.17) is 4.42 Å². The number of aromatic hydroxyl groups is 1. The summed E-state index contributed by atoms with van der Waals surface area (Å²) in [6.07, 6.45) is 4.69. The number of rotatable bonds is 4. The fourth-order valence-corrected chi connectivity index (χ4v) is 3.67. The normalized spacial score (nSPS) is 13.2. The molecule has 1 amide bonds. The predicted octanol–water partition coefficient (Wildman–Crippen LogP) is 3.03. The summed E-state index contributed by atoms with van der Waals surface area (Å²) in [7, 11) is 0. The highest BCUT2D eigenvalue weighted by atomic mass is 16.3. The van der Waals surface area contributed by atoms with Crippen molar-refractivity contribution in [1.29, 1.82) is 0 Å². The molecule has 0 aliphatic heterocycles. The number of carbonyl (C=O) groups excluding carboxylic acids is 1. The molecule has 4 rings (SSSR count). The van der Waals surface area contributed by atoms with E-state index in [1.165, 1.54) is 0 Å². The smallest absolute Gasteiger partial charge is 0.267 e. The zero-order valence-electron chi connectivity index (χ0n) is 15.6. The highest BCUT2D eigenvalue weighted by molar-refractivity contribution is 6.05. The van der Waals surface area contributed by atoms with E-state index in [-0.39, 0.29) is 17.9 Å². The second kappa shape index (κ2) is 7.34. The van der Waals surface area contributed by atoms with Gasteiger partial charge in [-0.1, -0.05) is 6.07 Å². The van der Waals surface area contributed by atoms with Crippen LogP contribution in [0.3, 0.4) is 0 Å². The maximum Gasteiger partial charge on any atom is 0.267 e. The lowest BCUT2D eigenvalue weighted by atomic mass is 9.93. The first kappa shape index (κ1) is 18.0. The average molecular weight is 379 g/mol. The van der Waals surface area contributed by atoms with E-state index in [2.05, 4.69) is 10.3 Å². The van der Waals surface area contributed by atoms with Gasteiger partial charge in [0.05, 0.1) is 12.8 Å². The maximum absolute atomic E-state index is 13.2. The Morgan fingerprint density at radius 3 is 2.82 bits per heavy atom. The van der Waals surface area contributed by atoms with Crippen LogP contribution in [-0.2, 0) is 19.4 Å². The Kier molecular flexibility index (Phi) is 4.73. The van der Waals surface area contributed by atoms with E-state index in [9.17, 15) is 14.7 Å². The second-order valence-corrected chi connectivity index (χ2v) is 6.94. The minimum absolute atomic E-state index is 0.220. The lowest BCUT2D eigenvalue weighted by Gasteiger charge is -2.23. The van der Waals surface area contributed by atoms with Gasteiger partial charge in [-0.3, -0.25) is 9.59 Å². The summed E-state index contributed by atoms with van der Waals surface area (Å²) < 4.78 is 6.94. The number of aromatic nitrogens is 2. The number of pyridine rings is 2. The Hall–Kier alpha value is -3.35. The molecule has 7 heteroatoms. The molecule has 0 saturated heterocycles. The zero-order valence-corrected chi connectivity index (χ0v) is 15.6. The van der Waals surface area contributed by atoms with Gasteiger partial charge in [0.2, 0.25) is 0 Å². The molecule has 1 aliphatic rings. The molecule has 144 valence electrons. The van der Waals surface area contributed by atoms with E-state index in [1.54, 1.807) is 35.1 Å². The SMILES string of the molecule is Cc1cccc(NC(=O)c2c(O)c3c(n(Cc4ccco4)c2=O)CCCC3)n1. The summed E-state index contributed by atoms with van der Waals surface area (Å²) in [4.78, 5) is 30.3. The Labute approximate surface area is 161 Å². The molecule has 0 spiro atoms. The summed E-state index contributed by atoms with van der Waals surface area (Å²) >= 11 is 0. The van der Waals surface area contributed by atoms with E-state index >= 15 is 0 Å². The van der Waals surface area contributed by atoms with Gasteiger partial charge in [-0.15, -0.1) is 0 Å². The number of anilines is 1. The van der Waals surface area contributed by atoms with Crippen molar-refractivity contribution < 1.29 is 14.3 Å². The molecule has 0 unspecified atom stereocenters. The van der Waals surface area contributed by atoms with Crippen LogP contribution in [0.5, 0.6) is 5.75 Å². The molecule has 7 nitrogen and oxygen atoms in total. The van der Waals surface area contributed by atoms with Crippen LogP contribution in [0.15, 0.2) is 45.8 Å². The molecule has 3 heterocycles. The van der Waals surface area contributed by atoms with Crippen molar-refractivity contribution in [2.75, 3.05) is 5.32 Å². The molecule has 3 aromatic heterocycles. The fourth-order valence-electron chi connectivity index (χ4n) is 3.67. The molecular formula is C21H21N3O4. The van der Waals surface area contributed by atoms with Crippen LogP contribution in [0.2, 0.25) is 0 Å². The Morgan fingerprint density at radius 2 is 2.07 bits per heavy atom. The third-order valence-corrected chi connectivity index (χ3v) is 5.00. The van der Waals surface area contributed by atoms with Crippen LogP contribution in [0.4, 0.5) is 5.82 Å². The average Bonchev–Trinajstić information content (AvgIpc) is 3.18. The van der Waals surface area contributed by atoms with Crippen LogP contribution in [0.25, 0.3) is 0 Å². The first-order valence-corrected chi connectivity index (χ1v) is 9.29. The monoisotopic (exact) mass is 379 g/mol. The summed E-state index contributed by atoms with van der Waals surface area (Å²) in [6.45, 7) is 2.03. The Balaban J connectivity index is 1.80. The van der Waals surface area contributed by atoms with Gasteiger partial charge in [-0.25, -0.2) is 4.98 Å². The number of nitrogens with zero attached hydrogens (tertiary/aromatic N) is 2. The Morgan fingerprint density at radius 1 is 1.25 bits per heavy atom. The van der Waals surface area contributed by atoms with Gasteiger partial charge >= 0.3 is 0 Å². The van der Waals surface area contributed by atoms with Gasteiger partial charge in [0.1, 0.15) is 22.9 Å². The standard InChI is InChI=1S/C21H21N3O4/c1-13-6-4-10-17(22-13)23-20(26)18-19(25)15-8-2-3-9-16(15)24(21(18)27)12-14-7-5-11-28-14/h4-7,10-11,25H,2-3,8-9,12H2,1H3,(H,22,23,26). The molecule has 0 bridgehead atoms. The minimum Gasteiger partial charge on any atom is -0.507 e. The van der Waals surface area contributed by atoms with E-state index < -0.39 is 11.5 Å². The first-order chi connectivity index (χ1) is 13.5. The molecule has 0 saturated carbocycles. The van der Waals surface area contributed by atoms with Crippen LogP contribution in [0, 0.1) is 6.92 Å². The summed E-state index contributed by atoms with van der Waals surface area (Å²) in [5.74, 6) is 0.0640. The molecule has 0 atom stereocenters. The first-order valence-electron chi connectivity index (χ1n) is 9.29. The van der Waals surface area contributed by atoms with Crippen LogP contribution in [0.1, 0.15) is 45.9 Å². The molecule has 2 N–H and O–H groups in total. The highest BCUT2D eigenvalue weighted by Gasteiger charge is 2.27. The fraction of sp³-hybridized carbons (Fsp3) is 0.286. The number of hydrogen-bond donors (Lipinski definition) is 2. The van der Waals surface area contributed by atoms with Crippen LogP contribution in [-0.4, -0.2) is 20.6 Å². The van der Waals surface area contributed by atoms with Crippen LogP contribution >= 0.6 is 0 Å². The van der Waals surface area contributed by atoms with Crippen molar-refractivity contribution >= 4 is 11.7 Å². The third kappa shape index (κ3) is 3.31. The number of fused-ring (bicyclic) bond motifs is 1. The van der Waals surface area contributed by atoms with Crippen molar-refractivity contribution in [2.24, 2.45) is 0 Å². The second-order valence-electron chi connectivity index (χ2n) is 6.94. The maximum atomic E-state index is 13.2. The highest BCUT2D eigenvalue weighted by Crippen LogP contribution is 2.31. The van der Waals surface area contributed by atoms with Gasteiger partial charge in [-0.05, 0) is 56.9 Å². The topological polar surface area (TPSA) is 97.4 Å². The minimum atomic E-state index is -0.665. The summed E-state index contributed by atoms with van der Waals surface area (Å²) in [6, 6.07) is 8.75. The van der Waals surface area contributed by atoms with E-state index in [0.29, 0.717) is 30.0 Å². The number of aryl methyl sites for hydroxylation is 1. The molecule has 0 radical (unpaired) electrons. The predicted molar refractivity (Wildman–Crippen MR) is 104 cm³/mol. The largest absolute Gasteiger partial charge is 0.507 e. The molecular weight excluding hydrogens is 358 g/mol. The third-order valence-electron chi connectivity index (χ3n) is 5.00. The van der Waals surface area contributed by atoms with Crippen LogP contribution < -0.4 is 10.9 Å². The van der Waals surface area contributed by atoms with Crippen molar-refractivity contribution in [1.82, 2.24) is 9.55 Å². The lowest BCUT2D eigenvalue weighted by Crippen LogP contribution is -2.34. The van der Waals surface area contributed by atoms with Crippen molar-refractivity contribution in [3.8, 4) is 5.75 Å². The molecule has 0 aromatic carbocycles. The number of carbonyl (C=O) groups is 1. The number of amides is 1. The Bertz CT molecular complexity index is 1080. The van der Waals surface area contributed by atoms with Gasteiger partial charge < -0.3 is 19.4 Å². The summed E-state index contributed by atoms with van der Waals surface area (Å²) in [5.41, 5.74) is 1.40. The number of nitrogens with one attached hydrogen (secondary N) is 1. The summed E-state index contributed by atoms with van der Waals surface area (Å²) in [5, 5.41) is 13.4.